The van der Waals surface area contributed by atoms with E-state index in [1.165, 1.54) is 0 Å². The summed E-state index contributed by atoms with van der Waals surface area (Å²) in [7, 11) is 2.01. The Bertz CT molecular complexity index is 577. The van der Waals surface area contributed by atoms with Crippen LogP contribution in [0.1, 0.15) is 34.1 Å². The summed E-state index contributed by atoms with van der Waals surface area (Å²) in [6.07, 6.45) is 6.20. The van der Waals surface area contributed by atoms with E-state index >= 15 is 0 Å². The van der Waals surface area contributed by atoms with Crippen LogP contribution in [0.2, 0.25) is 0 Å². The van der Waals surface area contributed by atoms with Gasteiger partial charge in [-0.05, 0) is 27.2 Å². The van der Waals surface area contributed by atoms with Crippen molar-refractivity contribution in [1.82, 2.24) is 24.5 Å². The first kappa shape index (κ1) is 15.2. The van der Waals surface area contributed by atoms with E-state index in [-0.39, 0.29) is 5.54 Å². The average Bonchev–Trinajstić information content (AvgIpc) is 3.00. The van der Waals surface area contributed by atoms with Gasteiger partial charge in [0.05, 0.1) is 0 Å². The molecule has 0 spiro atoms. The highest BCUT2D eigenvalue weighted by atomic mass is 15.3. The lowest BCUT2D eigenvalue weighted by Crippen LogP contribution is -2.41. The van der Waals surface area contributed by atoms with Crippen molar-refractivity contribution in [2.75, 3.05) is 23.8 Å². The van der Waals surface area contributed by atoms with Gasteiger partial charge in [-0.15, -0.1) is 0 Å². The fourth-order valence-electron chi connectivity index (χ4n) is 1.74. The Hall–Kier alpha value is -2.18. The van der Waals surface area contributed by atoms with Crippen molar-refractivity contribution in [3.05, 3.63) is 18.7 Å². The highest BCUT2D eigenvalue weighted by molar-refractivity contribution is 5.41. The maximum Gasteiger partial charge on any atom is 0.241 e. The molecular formula is C14H23N7. The maximum atomic E-state index is 4.56. The Balaban J connectivity index is 2.45. The second kappa shape index (κ2) is 6.07. The minimum absolute atomic E-state index is 0.0307. The van der Waals surface area contributed by atoms with Crippen LogP contribution in [0.5, 0.6) is 0 Å². The molecule has 0 fully saturated rings. The number of imidazole rings is 1. The molecule has 7 nitrogen and oxygen atoms in total. The van der Waals surface area contributed by atoms with Crippen molar-refractivity contribution in [2.45, 2.75) is 39.7 Å². The molecule has 2 aromatic rings. The zero-order chi connectivity index (χ0) is 15.5. The predicted molar refractivity (Wildman–Crippen MR) is 83.9 cm³/mol. The first-order valence-electron chi connectivity index (χ1n) is 7.20. The summed E-state index contributed by atoms with van der Waals surface area (Å²) in [5.74, 6) is 1.79. The smallest absolute Gasteiger partial charge is 0.241 e. The van der Waals surface area contributed by atoms with Gasteiger partial charge in [-0.1, -0.05) is 6.92 Å². The number of nitrogens with zero attached hydrogens (tertiary/aromatic N) is 6. The third-order valence-electron chi connectivity index (χ3n) is 3.76. The van der Waals surface area contributed by atoms with Crippen LogP contribution in [0, 0.1) is 0 Å². The molecule has 0 aliphatic carbocycles. The number of nitrogens with one attached hydrogen (secondary N) is 1. The number of aromatic nitrogens is 5. The second-order valence-electron chi connectivity index (χ2n) is 5.48. The lowest BCUT2D eigenvalue weighted by atomic mass is 10.0. The van der Waals surface area contributed by atoms with E-state index in [4.69, 9.17) is 0 Å². The molecule has 0 bridgehead atoms. The lowest BCUT2D eigenvalue weighted by molar-refractivity contribution is 0.462. The van der Waals surface area contributed by atoms with Gasteiger partial charge in [0.2, 0.25) is 17.8 Å². The van der Waals surface area contributed by atoms with Crippen molar-refractivity contribution in [2.24, 2.45) is 0 Å². The van der Waals surface area contributed by atoms with Crippen LogP contribution >= 0.6 is 0 Å². The molecule has 7 heteroatoms. The Morgan fingerprint density at radius 3 is 2.57 bits per heavy atom. The molecule has 0 saturated heterocycles. The van der Waals surface area contributed by atoms with Gasteiger partial charge in [0.25, 0.3) is 0 Å². The summed E-state index contributed by atoms with van der Waals surface area (Å²) in [4.78, 5) is 19.6. The van der Waals surface area contributed by atoms with Gasteiger partial charge in [-0.25, -0.2) is 4.98 Å². The molecule has 0 atom stereocenters. The van der Waals surface area contributed by atoms with Crippen LogP contribution < -0.4 is 10.2 Å². The van der Waals surface area contributed by atoms with Crippen LogP contribution in [0.4, 0.5) is 11.9 Å². The topological polar surface area (TPSA) is 71.8 Å². The molecule has 0 saturated carbocycles. The number of anilines is 2. The van der Waals surface area contributed by atoms with E-state index < -0.39 is 0 Å². The van der Waals surface area contributed by atoms with Gasteiger partial charge in [0.1, 0.15) is 6.33 Å². The molecule has 0 aliphatic heterocycles. The van der Waals surface area contributed by atoms with Gasteiger partial charge >= 0.3 is 0 Å². The summed E-state index contributed by atoms with van der Waals surface area (Å²) in [6, 6.07) is 0. The highest BCUT2D eigenvalue weighted by Gasteiger charge is 2.24. The van der Waals surface area contributed by atoms with E-state index in [1.807, 2.05) is 20.2 Å². The normalized spacial score (nSPS) is 11.5. The molecule has 2 aromatic heterocycles. The van der Waals surface area contributed by atoms with E-state index in [0.29, 0.717) is 17.8 Å². The SMILES string of the molecule is CCNc1nc(N(C)C(C)(C)CC)nc(-n2ccnc2)n1. The largest absolute Gasteiger partial charge is 0.354 e. The lowest BCUT2D eigenvalue weighted by Gasteiger charge is -2.34. The van der Waals surface area contributed by atoms with Crippen molar-refractivity contribution in [1.29, 1.82) is 0 Å². The monoisotopic (exact) mass is 289 g/mol. The van der Waals surface area contributed by atoms with E-state index in [9.17, 15) is 0 Å². The minimum atomic E-state index is -0.0307. The zero-order valence-corrected chi connectivity index (χ0v) is 13.3. The van der Waals surface area contributed by atoms with Gasteiger partial charge < -0.3 is 10.2 Å². The highest BCUT2D eigenvalue weighted by Crippen LogP contribution is 2.22. The average molecular weight is 289 g/mol. The molecule has 0 unspecified atom stereocenters. The Morgan fingerprint density at radius 2 is 2.00 bits per heavy atom. The summed E-state index contributed by atoms with van der Waals surface area (Å²) in [6.45, 7) is 9.26. The molecule has 2 rings (SSSR count). The van der Waals surface area contributed by atoms with Gasteiger partial charge in [-0.3, -0.25) is 4.57 Å². The van der Waals surface area contributed by atoms with Crippen LogP contribution in [0.25, 0.3) is 5.95 Å². The first-order valence-corrected chi connectivity index (χ1v) is 7.20. The van der Waals surface area contributed by atoms with Crippen LogP contribution in [0.15, 0.2) is 18.7 Å². The summed E-state index contributed by atoms with van der Waals surface area (Å²) in [5.41, 5.74) is -0.0307. The molecule has 21 heavy (non-hydrogen) atoms. The molecule has 1 N–H and O–H groups in total. The van der Waals surface area contributed by atoms with Gasteiger partial charge in [0.15, 0.2) is 0 Å². The standard InChI is InChI=1S/C14H23N7/c1-6-14(3,4)20(5)12-17-11(16-7-2)18-13(19-12)21-9-8-15-10-21/h8-10H,6-7H2,1-5H3,(H,16,17,18,19). The van der Waals surface area contributed by atoms with Gasteiger partial charge in [-0.2, -0.15) is 15.0 Å². The fraction of sp³-hybridized carbons (Fsp3) is 0.571. The molecule has 114 valence electrons. The molecule has 2 heterocycles. The second-order valence-corrected chi connectivity index (χ2v) is 5.48. The Labute approximate surface area is 125 Å². The zero-order valence-electron chi connectivity index (χ0n) is 13.3. The third kappa shape index (κ3) is 3.29. The molecular weight excluding hydrogens is 266 g/mol. The van der Waals surface area contributed by atoms with Gasteiger partial charge in [0, 0.05) is 31.5 Å². The number of rotatable bonds is 6. The van der Waals surface area contributed by atoms with Crippen LogP contribution in [-0.4, -0.2) is 43.6 Å². The summed E-state index contributed by atoms with van der Waals surface area (Å²) < 4.78 is 1.78. The Kier molecular flexibility index (Phi) is 4.40. The maximum absolute atomic E-state index is 4.56. The van der Waals surface area contributed by atoms with E-state index in [1.54, 1.807) is 17.1 Å². The number of hydrogen-bond donors (Lipinski definition) is 1. The third-order valence-corrected chi connectivity index (χ3v) is 3.76. The Morgan fingerprint density at radius 1 is 1.24 bits per heavy atom. The molecule has 0 radical (unpaired) electrons. The molecule has 0 aliphatic rings. The first-order chi connectivity index (χ1) is 9.97. The summed E-state index contributed by atoms with van der Waals surface area (Å²) in [5, 5.41) is 3.15. The molecule has 0 amide bonds. The predicted octanol–water partition coefficient (Wildman–Crippen LogP) is 2.11. The van der Waals surface area contributed by atoms with Crippen molar-refractivity contribution in [3.63, 3.8) is 0 Å². The van der Waals surface area contributed by atoms with Crippen molar-refractivity contribution in [3.8, 4) is 5.95 Å². The quantitative estimate of drug-likeness (QED) is 0.878. The molecule has 0 aromatic carbocycles. The number of hydrogen-bond acceptors (Lipinski definition) is 6. The van der Waals surface area contributed by atoms with Crippen LogP contribution in [-0.2, 0) is 0 Å². The summed E-state index contributed by atoms with van der Waals surface area (Å²) >= 11 is 0. The van der Waals surface area contributed by atoms with Crippen LogP contribution in [0.3, 0.4) is 0 Å². The fourth-order valence-corrected chi connectivity index (χ4v) is 1.74. The van der Waals surface area contributed by atoms with E-state index in [2.05, 4.69) is 50.9 Å². The van der Waals surface area contributed by atoms with Crippen molar-refractivity contribution < 1.29 is 0 Å². The van der Waals surface area contributed by atoms with Crippen molar-refractivity contribution >= 4 is 11.9 Å². The minimum Gasteiger partial charge on any atom is -0.354 e. The van der Waals surface area contributed by atoms with E-state index in [0.717, 1.165) is 13.0 Å².